The van der Waals surface area contributed by atoms with Crippen molar-refractivity contribution < 1.29 is 9.53 Å². The Bertz CT molecular complexity index is 497. The molecule has 114 valence electrons. The Labute approximate surface area is 126 Å². The third kappa shape index (κ3) is 3.27. The minimum absolute atomic E-state index is 0.178. The molecule has 1 amide bonds. The van der Waals surface area contributed by atoms with Crippen molar-refractivity contribution in [2.24, 2.45) is 0 Å². The van der Waals surface area contributed by atoms with Gasteiger partial charge in [0, 0.05) is 44.4 Å². The van der Waals surface area contributed by atoms with E-state index < -0.39 is 0 Å². The lowest BCUT2D eigenvalue weighted by atomic mass is 10.1. The molecule has 0 aromatic heterocycles. The highest BCUT2D eigenvalue weighted by molar-refractivity contribution is 5.95. The molecule has 1 atom stereocenters. The van der Waals surface area contributed by atoms with Crippen LogP contribution in [0.2, 0.25) is 0 Å². The van der Waals surface area contributed by atoms with E-state index in [2.05, 4.69) is 4.90 Å². The molecule has 0 spiro atoms. The van der Waals surface area contributed by atoms with E-state index in [1.54, 1.807) is 0 Å². The number of benzene rings is 1. The summed E-state index contributed by atoms with van der Waals surface area (Å²) in [6, 6.07) is 8.42. The molecule has 1 aromatic rings. The fraction of sp³-hybridized carbons (Fsp3) is 0.588. The Morgan fingerprint density at radius 2 is 2.05 bits per heavy atom. The zero-order chi connectivity index (χ0) is 14.7. The van der Waals surface area contributed by atoms with Gasteiger partial charge in [0.2, 0.25) is 0 Å². The van der Waals surface area contributed by atoms with E-state index in [1.807, 2.05) is 36.1 Å². The summed E-state index contributed by atoms with van der Waals surface area (Å²) >= 11 is 0. The summed E-state index contributed by atoms with van der Waals surface area (Å²) < 4.78 is 5.49. The van der Waals surface area contributed by atoms with Gasteiger partial charge in [-0.3, -0.25) is 9.69 Å². The van der Waals surface area contributed by atoms with Crippen LogP contribution in [0, 0.1) is 6.92 Å². The molecule has 0 saturated carbocycles. The van der Waals surface area contributed by atoms with Gasteiger partial charge in [0.1, 0.15) is 0 Å². The average Bonchev–Trinajstić information content (AvgIpc) is 2.92. The fourth-order valence-corrected chi connectivity index (χ4v) is 3.30. The third-order valence-corrected chi connectivity index (χ3v) is 4.62. The topological polar surface area (TPSA) is 32.8 Å². The van der Waals surface area contributed by atoms with Gasteiger partial charge in [-0.25, -0.2) is 0 Å². The molecule has 2 aliphatic rings. The molecule has 0 radical (unpaired) electrons. The largest absolute Gasteiger partial charge is 0.380 e. The second-order valence-corrected chi connectivity index (χ2v) is 6.01. The van der Waals surface area contributed by atoms with Crippen molar-refractivity contribution in [3.05, 3.63) is 35.4 Å². The van der Waals surface area contributed by atoms with Gasteiger partial charge in [-0.15, -0.1) is 0 Å². The molecule has 1 aromatic carbocycles. The molecule has 21 heavy (non-hydrogen) atoms. The number of hydrogen-bond donors (Lipinski definition) is 0. The van der Waals surface area contributed by atoms with Crippen molar-refractivity contribution in [3.8, 4) is 0 Å². The zero-order valence-electron chi connectivity index (χ0n) is 12.8. The van der Waals surface area contributed by atoms with Crippen LogP contribution in [-0.2, 0) is 4.74 Å². The standard InChI is InChI=1S/C17H24N2O2/c1-14-5-2-3-6-16(14)17(20)19-9-4-8-18(10-11-19)15-7-12-21-13-15/h2-3,5-6,15H,4,7-13H2,1H3. The van der Waals surface area contributed by atoms with Crippen LogP contribution in [0.3, 0.4) is 0 Å². The Kier molecular flexibility index (Phi) is 4.56. The maximum Gasteiger partial charge on any atom is 0.254 e. The molecule has 0 bridgehead atoms. The van der Waals surface area contributed by atoms with Crippen molar-refractivity contribution in [1.82, 2.24) is 9.80 Å². The van der Waals surface area contributed by atoms with Crippen LogP contribution < -0.4 is 0 Å². The molecule has 0 aliphatic carbocycles. The summed E-state index contributed by atoms with van der Waals surface area (Å²) in [6.07, 6.45) is 2.18. The smallest absolute Gasteiger partial charge is 0.254 e. The molecule has 4 nitrogen and oxygen atoms in total. The quantitative estimate of drug-likeness (QED) is 0.833. The monoisotopic (exact) mass is 288 g/mol. The number of nitrogens with zero attached hydrogens (tertiary/aromatic N) is 2. The molecule has 2 aliphatic heterocycles. The lowest BCUT2D eigenvalue weighted by Gasteiger charge is -2.26. The first-order chi connectivity index (χ1) is 10.3. The minimum atomic E-state index is 0.178. The Morgan fingerprint density at radius 3 is 2.81 bits per heavy atom. The molecular formula is C17H24N2O2. The number of rotatable bonds is 2. The Hall–Kier alpha value is -1.39. The molecule has 2 fully saturated rings. The Morgan fingerprint density at radius 1 is 1.19 bits per heavy atom. The van der Waals surface area contributed by atoms with Crippen molar-refractivity contribution in [2.45, 2.75) is 25.8 Å². The normalized spacial score (nSPS) is 24.0. The second-order valence-electron chi connectivity index (χ2n) is 6.01. The van der Waals surface area contributed by atoms with Crippen LogP contribution in [0.25, 0.3) is 0 Å². The van der Waals surface area contributed by atoms with Gasteiger partial charge in [-0.1, -0.05) is 18.2 Å². The van der Waals surface area contributed by atoms with E-state index in [0.717, 1.165) is 63.4 Å². The maximum atomic E-state index is 12.7. The van der Waals surface area contributed by atoms with Gasteiger partial charge >= 0.3 is 0 Å². The van der Waals surface area contributed by atoms with E-state index in [-0.39, 0.29) is 5.91 Å². The van der Waals surface area contributed by atoms with E-state index in [4.69, 9.17) is 4.74 Å². The molecule has 3 rings (SSSR count). The minimum Gasteiger partial charge on any atom is -0.380 e. The zero-order valence-corrected chi connectivity index (χ0v) is 12.8. The number of amides is 1. The number of carbonyl (C=O) groups excluding carboxylic acids is 1. The average molecular weight is 288 g/mol. The van der Waals surface area contributed by atoms with E-state index >= 15 is 0 Å². The van der Waals surface area contributed by atoms with Gasteiger partial charge in [0.25, 0.3) is 5.91 Å². The van der Waals surface area contributed by atoms with E-state index in [1.165, 1.54) is 0 Å². The van der Waals surface area contributed by atoms with Crippen LogP contribution in [0.5, 0.6) is 0 Å². The van der Waals surface area contributed by atoms with Gasteiger partial charge in [-0.2, -0.15) is 0 Å². The van der Waals surface area contributed by atoms with Crippen molar-refractivity contribution in [2.75, 3.05) is 39.4 Å². The van der Waals surface area contributed by atoms with Crippen LogP contribution in [0.4, 0.5) is 0 Å². The van der Waals surface area contributed by atoms with Gasteiger partial charge in [-0.05, 0) is 31.4 Å². The second kappa shape index (κ2) is 6.58. The van der Waals surface area contributed by atoms with Crippen molar-refractivity contribution >= 4 is 5.91 Å². The predicted octanol–water partition coefficient (Wildman–Crippen LogP) is 1.93. The van der Waals surface area contributed by atoms with Gasteiger partial charge < -0.3 is 9.64 Å². The lowest BCUT2D eigenvalue weighted by molar-refractivity contribution is 0.0756. The first kappa shape index (κ1) is 14.5. The fourth-order valence-electron chi connectivity index (χ4n) is 3.30. The van der Waals surface area contributed by atoms with Crippen molar-refractivity contribution in [1.29, 1.82) is 0 Å². The summed E-state index contributed by atoms with van der Waals surface area (Å²) in [5, 5.41) is 0. The first-order valence-electron chi connectivity index (χ1n) is 7.92. The first-order valence-corrected chi connectivity index (χ1v) is 7.92. The molecule has 4 heteroatoms. The molecule has 1 unspecified atom stereocenters. The van der Waals surface area contributed by atoms with Crippen LogP contribution in [0.15, 0.2) is 24.3 Å². The number of carbonyl (C=O) groups is 1. The summed E-state index contributed by atoms with van der Waals surface area (Å²) in [5.41, 5.74) is 1.91. The molecule has 2 saturated heterocycles. The van der Waals surface area contributed by atoms with Crippen LogP contribution in [-0.4, -0.2) is 61.1 Å². The molecule has 0 N–H and O–H groups in total. The van der Waals surface area contributed by atoms with E-state index in [0.29, 0.717) is 6.04 Å². The SMILES string of the molecule is Cc1ccccc1C(=O)N1CCCN(C2CCOC2)CC1. The lowest BCUT2D eigenvalue weighted by Crippen LogP contribution is -2.40. The predicted molar refractivity (Wildman–Crippen MR) is 82.5 cm³/mol. The van der Waals surface area contributed by atoms with Crippen molar-refractivity contribution in [3.63, 3.8) is 0 Å². The van der Waals surface area contributed by atoms with Crippen LogP contribution >= 0.6 is 0 Å². The van der Waals surface area contributed by atoms with E-state index in [9.17, 15) is 4.79 Å². The molecular weight excluding hydrogens is 264 g/mol. The number of ether oxygens (including phenoxy) is 1. The third-order valence-electron chi connectivity index (χ3n) is 4.62. The highest BCUT2D eigenvalue weighted by atomic mass is 16.5. The number of aryl methyl sites for hydroxylation is 1. The summed E-state index contributed by atoms with van der Waals surface area (Å²) in [4.78, 5) is 17.2. The van der Waals surface area contributed by atoms with Gasteiger partial charge in [0.15, 0.2) is 0 Å². The Balaban J connectivity index is 1.64. The highest BCUT2D eigenvalue weighted by Gasteiger charge is 2.27. The van der Waals surface area contributed by atoms with Gasteiger partial charge in [0.05, 0.1) is 6.61 Å². The maximum absolute atomic E-state index is 12.7. The summed E-state index contributed by atoms with van der Waals surface area (Å²) in [6.45, 7) is 7.46. The van der Waals surface area contributed by atoms with Crippen LogP contribution in [0.1, 0.15) is 28.8 Å². The number of hydrogen-bond acceptors (Lipinski definition) is 3. The highest BCUT2D eigenvalue weighted by Crippen LogP contribution is 2.17. The summed E-state index contributed by atoms with van der Waals surface area (Å²) in [7, 11) is 0. The molecule has 2 heterocycles. The summed E-state index contributed by atoms with van der Waals surface area (Å²) in [5.74, 6) is 0.178.